The minimum atomic E-state index is -0.494. The van der Waals surface area contributed by atoms with E-state index in [0.717, 1.165) is 10.2 Å². The summed E-state index contributed by atoms with van der Waals surface area (Å²) in [5.41, 5.74) is 1.16. The predicted molar refractivity (Wildman–Crippen MR) is 105 cm³/mol. The molecule has 4 aromatic rings. The zero-order valence-corrected chi connectivity index (χ0v) is 15.0. The molecular weight excluding hydrogens is 378 g/mol. The molecule has 2 aromatic heterocycles. The van der Waals surface area contributed by atoms with E-state index in [-0.39, 0.29) is 22.8 Å². The Morgan fingerprint density at radius 3 is 2.75 bits per heavy atom. The highest BCUT2D eigenvalue weighted by molar-refractivity contribution is 7.19. The van der Waals surface area contributed by atoms with E-state index in [2.05, 4.69) is 4.98 Å². The highest BCUT2D eigenvalue weighted by Crippen LogP contribution is 2.33. The predicted octanol–water partition coefficient (Wildman–Crippen LogP) is 5.41. The summed E-state index contributed by atoms with van der Waals surface area (Å²) in [5, 5.41) is 31.4. The van der Waals surface area contributed by atoms with E-state index in [1.165, 1.54) is 29.5 Å². The quantitative estimate of drug-likeness (QED) is 0.216. The van der Waals surface area contributed by atoms with E-state index in [1.807, 2.05) is 30.3 Å². The molecule has 0 unspecified atom stereocenters. The number of aliphatic hydroxyl groups excluding tert-OH is 1. The third-order valence-electron chi connectivity index (χ3n) is 4.04. The Bertz CT molecular complexity index is 1250. The fourth-order valence-corrected chi connectivity index (χ4v) is 3.66. The summed E-state index contributed by atoms with van der Waals surface area (Å²) in [6, 6.07) is 18.5. The normalized spacial score (nSPS) is 11.8. The molecule has 0 saturated heterocycles. The van der Waals surface area contributed by atoms with Crippen molar-refractivity contribution in [3.05, 3.63) is 81.5 Å². The van der Waals surface area contributed by atoms with Gasteiger partial charge in [0.25, 0.3) is 5.69 Å². The van der Waals surface area contributed by atoms with Crippen molar-refractivity contribution in [2.45, 2.75) is 0 Å². The molecule has 0 atom stereocenters. The Morgan fingerprint density at radius 2 is 2.00 bits per heavy atom. The van der Waals surface area contributed by atoms with E-state index >= 15 is 0 Å². The number of non-ortho nitro benzene ring substituents is 1. The second-order valence-corrected chi connectivity index (χ2v) is 6.82. The van der Waals surface area contributed by atoms with Crippen molar-refractivity contribution in [2.24, 2.45) is 0 Å². The molecule has 0 spiro atoms. The van der Waals surface area contributed by atoms with Crippen LogP contribution in [0.2, 0.25) is 0 Å². The molecule has 0 saturated carbocycles. The molecule has 0 amide bonds. The van der Waals surface area contributed by atoms with Crippen LogP contribution in [-0.2, 0) is 0 Å². The molecule has 8 heteroatoms. The van der Waals surface area contributed by atoms with Crippen LogP contribution in [0.5, 0.6) is 0 Å². The number of fused-ring (bicyclic) bond motifs is 1. The molecule has 0 bridgehead atoms. The topological polar surface area (TPSA) is 113 Å². The fraction of sp³-hybridized carbons (Fsp3) is 0. The number of nitro benzene ring substituents is 1. The largest absolute Gasteiger partial charge is 0.503 e. The number of aromatic nitrogens is 1. The number of thiazole rings is 1. The average Bonchev–Trinajstić information content (AvgIpc) is 3.36. The van der Waals surface area contributed by atoms with Crippen LogP contribution < -0.4 is 0 Å². The van der Waals surface area contributed by atoms with Crippen molar-refractivity contribution in [3.8, 4) is 17.4 Å². The van der Waals surface area contributed by atoms with Crippen LogP contribution in [0.4, 0.5) is 5.69 Å². The molecule has 4 rings (SSSR count). The van der Waals surface area contributed by atoms with Gasteiger partial charge >= 0.3 is 0 Å². The summed E-state index contributed by atoms with van der Waals surface area (Å²) < 4.78 is 6.54. The summed E-state index contributed by atoms with van der Waals surface area (Å²) in [5.74, 6) is 0.0855. The van der Waals surface area contributed by atoms with Gasteiger partial charge in [0.05, 0.1) is 15.1 Å². The Labute approximate surface area is 162 Å². The van der Waals surface area contributed by atoms with Crippen LogP contribution in [0.25, 0.3) is 32.9 Å². The molecule has 2 heterocycles. The van der Waals surface area contributed by atoms with Gasteiger partial charge in [0.15, 0.2) is 11.5 Å². The number of allylic oxidation sites excluding steroid dienone is 1. The van der Waals surface area contributed by atoms with Gasteiger partial charge in [0.2, 0.25) is 0 Å². The Hall–Kier alpha value is -3.96. The Morgan fingerprint density at radius 1 is 1.18 bits per heavy atom. The summed E-state index contributed by atoms with van der Waals surface area (Å²) >= 11 is 1.29. The number of nitriles is 1. The summed E-state index contributed by atoms with van der Waals surface area (Å²) in [6.45, 7) is 0. The average molecular weight is 389 g/mol. The number of nitro groups is 1. The summed E-state index contributed by atoms with van der Waals surface area (Å²) in [6.07, 6.45) is 0. The first-order chi connectivity index (χ1) is 13.6. The number of furan rings is 1. The summed E-state index contributed by atoms with van der Waals surface area (Å²) in [7, 11) is 0. The van der Waals surface area contributed by atoms with Gasteiger partial charge < -0.3 is 9.52 Å². The monoisotopic (exact) mass is 389 g/mol. The van der Waals surface area contributed by atoms with Gasteiger partial charge in [-0.3, -0.25) is 10.1 Å². The first kappa shape index (κ1) is 17.5. The minimum Gasteiger partial charge on any atom is -0.503 e. The molecule has 0 aliphatic rings. The molecule has 136 valence electrons. The van der Waals surface area contributed by atoms with E-state index < -0.39 is 4.92 Å². The van der Waals surface area contributed by atoms with Crippen molar-refractivity contribution in [1.29, 1.82) is 5.26 Å². The Balaban J connectivity index is 1.75. The third-order valence-corrected chi connectivity index (χ3v) is 5.09. The van der Waals surface area contributed by atoms with Crippen LogP contribution in [0, 0.1) is 21.4 Å². The first-order valence-corrected chi connectivity index (χ1v) is 8.93. The van der Waals surface area contributed by atoms with Gasteiger partial charge in [-0.25, -0.2) is 4.98 Å². The molecule has 1 N–H and O–H groups in total. The number of aliphatic hydroxyl groups is 1. The van der Waals surface area contributed by atoms with Crippen molar-refractivity contribution < 1.29 is 14.4 Å². The van der Waals surface area contributed by atoms with Gasteiger partial charge in [0, 0.05) is 17.7 Å². The second kappa shape index (κ2) is 6.98. The molecule has 0 aliphatic carbocycles. The number of para-hydroxylation sites is 1. The van der Waals surface area contributed by atoms with Gasteiger partial charge in [0.1, 0.15) is 22.4 Å². The van der Waals surface area contributed by atoms with Crippen LogP contribution in [0.1, 0.15) is 10.8 Å². The van der Waals surface area contributed by atoms with Crippen molar-refractivity contribution >= 4 is 38.6 Å². The lowest BCUT2D eigenvalue weighted by Gasteiger charge is -2.00. The van der Waals surface area contributed by atoms with Crippen molar-refractivity contribution in [3.63, 3.8) is 0 Å². The number of rotatable bonds is 4. The smallest absolute Gasteiger partial charge is 0.270 e. The standard InChI is InChI=1S/C20H11N3O4S/c21-11-14(20-22-15-6-1-2-7-18(15)28-20)19(24)17-9-8-16(27-17)12-4-3-5-13(10-12)23(25)26/h1-10,24H. The number of hydrogen-bond donors (Lipinski definition) is 1. The molecular formula is C20H11N3O4S. The maximum absolute atomic E-state index is 10.9. The van der Waals surface area contributed by atoms with Crippen molar-refractivity contribution in [2.75, 3.05) is 0 Å². The second-order valence-electron chi connectivity index (χ2n) is 5.79. The highest BCUT2D eigenvalue weighted by Gasteiger charge is 2.18. The zero-order valence-electron chi connectivity index (χ0n) is 14.2. The van der Waals surface area contributed by atoms with Gasteiger partial charge in [-0.2, -0.15) is 5.26 Å². The Kier molecular flexibility index (Phi) is 4.35. The zero-order chi connectivity index (χ0) is 19.7. The molecule has 0 aliphatic heterocycles. The third kappa shape index (κ3) is 3.11. The molecule has 7 nitrogen and oxygen atoms in total. The first-order valence-electron chi connectivity index (χ1n) is 8.11. The number of nitrogens with zero attached hydrogens (tertiary/aromatic N) is 3. The van der Waals surface area contributed by atoms with Crippen LogP contribution in [-0.4, -0.2) is 15.0 Å². The molecule has 28 heavy (non-hydrogen) atoms. The van der Waals surface area contributed by atoms with Gasteiger partial charge in [-0.05, 0) is 24.3 Å². The summed E-state index contributed by atoms with van der Waals surface area (Å²) in [4.78, 5) is 14.8. The number of hydrogen-bond acceptors (Lipinski definition) is 7. The lowest BCUT2D eigenvalue weighted by Crippen LogP contribution is -1.88. The maximum atomic E-state index is 10.9. The van der Waals surface area contributed by atoms with Crippen LogP contribution >= 0.6 is 11.3 Å². The van der Waals surface area contributed by atoms with Crippen LogP contribution in [0.15, 0.2) is 65.1 Å². The van der Waals surface area contributed by atoms with Crippen LogP contribution in [0.3, 0.4) is 0 Å². The molecule has 2 aromatic carbocycles. The van der Waals surface area contributed by atoms with E-state index in [0.29, 0.717) is 16.3 Å². The fourth-order valence-electron chi connectivity index (χ4n) is 2.70. The molecule has 0 radical (unpaired) electrons. The minimum absolute atomic E-state index is 0.00106. The van der Waals surface area contributed by atoms with E-state index in [4.69, 9.17) is 4.42 Å². The maximum Gasteiger partial charge on any atom is 0.270 e. The van der Waals surface area contributed by atoms with Crippen molar-refractivity contribution in [1.82, 2.24) is 4.98 Å². The van der Waals surface area contributed by atoms with Gasteiger partial charge in [-0.1, -0.05) is 24.3 Å². The SMILES string of the molecule is N#CC(=C(O)c1ccc(-c2cccc([N+](=O)[O-])c2)o1)c1nc2ccccc2s1. The van der Waals surface area contributed by atoms with Gasteiger partial charge in [-0.15, -0.1) is 11.3 Å². The van der Waals surface area contributed by atoms with E-state index in [1.54, 1.807) is 18.2 Å². The highest BCUT2D eigenvalue weighted by atomic mass is 32.1. The molecule has 0 fully saturated rings. The lowest BCUT2D eigenvalue weighted by molar-refractivity contribution is -0.384. The number of benzene rings is 2. The lowest BCUT2D eigenvalue weighted by atomic mass is 10.1. The van der Waals surface area contributed by atoms with E-state index in [9.17, 15) is 20.5 Å².